The highest BCUT2D eigenvalue weighted by Gasteiger charge is 2.54. The number of hydroxylamine groups is 2. The summed E-state index contributed by atoms with van der Waals surface area (Å²) < 4.78 is 59.6. The molecule has 0 radical (unpaired) electrons. The van der Waals surface area contributed by atoms with E-state index in [0.717, 1.165) is 4.57 Å². The maximum absolute atomic E-state index is 12.6. The highest BCUT2D eigenvalue weighted by molar-refractivity contribution is 7.46. The Morgan fingerprint density at radius 1 is 0.931 bits per heavy atom. The average Bonchev–Trinajstić information content (AvgIpc) is 3.50. The first-order valence-corrected chi connectivity index (χ1v) is 21.6. The van der Waals surface area contributed by atoms with Crippen LogP contribution in [0.4, 0.5) is 5.82 Å². The van der Waals surface area contributed by atoms with Gasteiger partial charge < -0.3 is 69.9 Å². The SMILES string of the molecule is CC1(C)CC(C(=O)NCCOCCOCCOCCOCCC(=O)NCCCc2cn([C@@H]3O[C@H](COP(=O)(O)O)C(OP(=O)(O)O)C3O)c(=O)nc2N)C(C)(C)N1O. The van der Waals surface area contributed by atoms with Crippen molar-refractivity contribution in [2.75, 3.05) is 78.3 Å². The molecule has 2 aliphatic heterocycles. The Kier molecular flexibility index (Phi) is 19.3. The molecule has 2 saturated heterocycles. The van der Waals surface area contributed by atoms with Crippen molar-refractivity contribution in [3.05, 3.63) is 22.2 Å². The van der Waals surface area contributed by atoms with Crippen LogP contribution in [0.1, 0.15) is 58.7 Å². The van der Waals surface area contributed by atoms with Gasteiger partial charge in [0.1, 0.15) is 24.1 Å². The van der Waals surface area contributed by atoms with E-state index in [-0.39, 0.29) is 56.2 Å². The van der Waals surface area contributed by atoms with Crippen molar-refractivity contribution in [2.24, 2.45) is 5.92 Å². The van der Waals surface area contributed by atoms with Crippen LogP contribution in [-0.2, 0) is 57.9 Å². The van der Waals surface area contributed by atoms with Crippen LogP contribution in [0.5, 0.6) is 0 Å². The molecule has 0 saturated carbocycles. The number of amides is 2. The van der Waals surface area contributed by atoms with Gasteiger partial charge >= 0.3 is 21.3 Å². The molecule has 3 heterocycles. The number of aromatic nitrogens is 2. The maximum atomic E-state index is 12.6. The van der Waals surface area contributed by atoms with Crippen LogP contribution in [-0.4, -0.2) is 158 Å². The monoisotopic (exact) mass is 876 g/mol. The number of nitrogens with two attached hydrogens (primary N) is 1. The second-order valence-corrected chi connectivity index (χ2v) is 17.2. The number of nitrogens with zero attached hydrogens (tertiary/aromatic N) is 3. The lowest BCUT2D eigenvalue weighted by Crippen LogP contribution is -2.50. The topological polar surface area (TPSA) is 342 Å². The molecule has 1 aromatic heterocycles. The van der Waals surface area contributed by atoms with Gasteiger partial charge in [0.25, 0.3) is 0 Å². The summed E-state index contributed by atoms with van der Waals surface area (Å²) in [4.78, 5) is 77.7. The van der Waals surface area contributed by atoms with Crippen molar-refractivity contribution in [3.63, 3.8) is 0 Å². The molecule has 24 nitrogen and oxygen atoms in total. The molecule has 0 aromatic carbocycles. The molecule has 0 aliphatic carbocycles. The van der Waals surface area contributed by atoms with Gasteiger partial charge in [-0.3, -0.25) is 23.2 Å². The number of aliphatic hydroxyl groups excluding tert-OH is 1. The second kappa shape index (κ2) is 22.4. The Morgan fingerprint density at radius 3 is 2.07 bits per heavy atom. The van der Waals surface area contributed by atoms with Gasteiger partial charge in [-0.05, 0) is 47.0 Å². The van der Waals surface area contributed by atoms with Gasteiger partial charge in [-0.2, -0.15) is 10.0 Å². The molecular formula is C32H58N6O18P2. The summed E-state index contributed by atoms with van der Waals surface area (Å²) in [5.74, 6) is -0.889. The van der Waals surface area contributed by atoms with Gasteiger partial charge in [-0.25, -0.2) is 13.9 Å². The van der Waals surface area contributed by atoms with Crippen molar-refractivity contribution in [1.82, 2.24) is 25.2 Å². The van der Waals surface area contributed by atoms with Crippen LogP contribution in [0.2, 0.25) is 0 Å². The van der Waals surface area contributed by atoms with Gasteiger partial charge in [-0.15, -0.1) is 0 Å². The Hall–Kier alpha value is -2.48. The molecule has 3 rings (SSSR count). The molecule has 3 unspecified atom stereocenters. The Morgan fingerprint density at radius 2 is 1.52 bits per heavy atom. The van der Waals surface area contributed by atoms with E-state index >= 15 is 0 Å². The van der Waals surface area contributed by atoms with E-state index in [1.165, 1.54) is 11.3 Å². The van der Waals surface area contributed by atoms with Crippen LogP contribution in [0.25, 0.3) is 0 Å². The smallest absolute Gasteiger partial charge is 0.386 e. The third-order valence-electron chi connectivity index (χ3n) is 9.38. The fraction of sp³-hybridized carbons (Fsp3) is 0.812. The molecule has 334 valence electrons. The summed E-state index contributed by atoms with van der Waals surface area (Å²) in [5, 5.41) is 28.0. The molecule has 26 heteroatoms. The van der Waals surface area contributed by atoms with Crippen LogP contribution in [0, 0.1) is 5.92 Å². The van der Waals surface area contributed by atoms with E-state index in [1.807, 2.05) is 27.7 Å². The summed E-state index contributed by atoms with van der Waals surface area (Å²) in [6.45, 7) is 9.53. The summed E-state index contributed by atoms with van der Waals surface area (Å²) in [6.07, 6.45) is -4.65. The highest BCUT2D eigenvalue weighted by Crippen LogP contribution is 2.46. The van der Waals surface area contributed by atoms with Gasteiger partial charge in [0.2, 0.25) is 11.8 Å². The second-order valence-electron chi connectivity index (χ2n) is 14.7. The van der Waals surface area contributed by atoms with E-state index in [4.69, 9.17) is 39.2 Å². The van der Waals surface area contributed by atoms with Crippen molar-refractivity contribution in [3.8, 4) is 0 Å². The molecule has 10 N–H and O–H groups in total. The largest absolute Gasteiger partial charge is 0.470 e. The average molecular weight is 877 g/mol. The molecule has 58 heavy (non-hydrogen) atoms. The minimum Gasteiger partial charge on any atom is -0.386 e. The highest BCUT2D eigenvalue weighted by atomic mass is 31.2. The lowest BCUT2D eigenvalue weighted by Gasteiger charge is -2.35. The number of anilines is 1. The summed E-state index contributed by atoms with van der Waals surface area (Å²) >= 11 is 0. The molecule has 0 bridgehead atoms. The number of aliphatic hydroxyl groups is 1. The van der Waals surface area contributed by atoms with Crippen molar-refractivity contribution in [2.45, 2.75) is 89.0 Å². The molecule has 2 fully saturated rings. The number of phosphoric ester groups is 2. The number of phosphoric acid groups is 2. The molecule has 0 spiro atoms. The first-order valence-electron chi connectivity index (χ1n) is 18.5. The fourth-order valence-corrected chi connectivity index (χ4v) is 7.43. The van der Waals surface area contributed by atoms with Crippen molar-refractivity contribution < 1.29 is 81.3 Å². The van der Waals surface area contributed by atoms with Crippen LogP contribution >= 0.6 is 15.6 Å². The minimum atomic E-state index is -5.24. The van der Waals surface area contributed by atoms with Crippen LogP contribution in [0.15, 0.2) is 11.0 Å². The van der Waals surface area contributed by atoms with Gasteiger partial charge in [0.15, 0.2) is 6.23 Å². The zero-order valence-electron chi connectivity index (χ0n) is 33.0. The number of ether oxygens (including phenoxy) is 5. The van der Waals surface area contributed by atoms with E-state index in [2.05, 4.69) is 24.7 Å². The van der Waals surface area contributed by atoms with Crippen molar-refractivity contribution in [1.29, 1.82) is 0 Å². The first kappa shape index (κ1) is 49.9. The summed E-state index contributed by atoms with van der Waals surface area (Å²) in [7, 11) is -10.3. The van der Waals surface area contributed by atoms with Gasteiger partial charge in [0.05, 0.1) is 70.9 Å². The zero-order valence-corrected chi connectivity index (χ0v) is 34.8. The van der Waals surface area contributed by atoms with E-state index in [9.17, 15) is 43.6 Å². The number of aryl methyl sites for hydroxylation is 1. The minimum absolute atomic E-state index is 0.0844. The summed E-state index contributed by atoms with van der Waals surface area (Å²) in [5.41, 5.74) is 4.05. The number of carbonyl (C=O) groups is 2. The number of hydrogen-bond acceptors (Lipinski definition) is 17. The Labute approximate surface area is 335 Å². The fourth-order valence-electron chi connectivity index (χ4n) is 6.51. The lowest BCUT2D eigenvalue weighted by atomic mass is 9.86. The molecule has 1 aromatic rings. The number of carbonyl (C=O) groups excluding carboxylic acids is 2. The summed E-state index contributed by atoms with van der Waals surface area (Å²) in [6, 6.07) is 0. The molecule has 5 atom stereocenters. The van der Waals surface area contributed by atoms with Crippen LogP contribution in [0.3, 0.4) is 0 Å². The quantitative estimate of drug-likeness (QED) is 0.0380. The number of rotatable bonds is 26. The predicted octanol–water partition coefficient (Wildman–Crippen LogP) is -1.44. The third-order valence-corrected chi connectivity index (χ3v) is 10.4. The van der Waals surface area contributed by atoms with E-state index < -0.39 is 63.6 Å². The standard InChI is InChI=1S/C32H58N6O18P2/c1-31(2)18-22(32(3,4)38(31)43)28(41)35-9-11-51-13-15-53-17-16-52-14-12-50-10-7-24(39)34-8-5-6-21-19-37(30(42)36-27(21)33)29-25(40)26(56-58(47,48)49)23(55-29)20-54-57(44,45)46/h19,22-23,25-26,29,40,43H,5-18,20H2,1-4H3,(H,34,39)(H,35,41)(H2,33,36,42)(H2,44,45,46)(H2,47,48,49)/t22?,23-,25?,26?,29-/m1/s1. The predicted molar refractivity (Wildman–Crippen MR) is 200 cm³/mol. The molecule has 2 aliphatic rings. The zero-order chi connectivity index (χ0) is 43.3. The van der Waals surface area contributed by atoms with Gasteiger partial charge in [-0.1, -0.05) is 0 Å². The number of hydrogen-bond donors (Lipinski definition) is 9. The normalized spacial score (nSPS) is 23.3. The van der Waals surface area contributed by atoms with Crippen LogP contribution < -0.4 is 22.1 Å². The molecule has 2 amide bonds. The van der Waals surface area contributed by atoms with E-state index in [0.29, 0.717) is 64.6 Å². The third kappa shape index (κ3) is 15.8. The Bertz CT molecular complexity index is 1640. The van der Waals surface area contributed by atoms with Gasteiger partial charge in [0, 0.05) is 36.8 Å². The van der Waals surface area contributed by atoms with Crippen molar-refractivity contribution >= 4 is 33.3 Å². The number of nitrogens with one attached hydrogen (secondary N) is 2. The number of nitrogen functional groups attached to an aromatic ring is 1. The first-order chi connectivity index (χ1) is 27.0. The van der Waals surface area contributed by atoms with E-state index in [1.54, 1.807) is 0 Å². The molecular weight excluding hydrogens is 818 g/mol. The Balaban J connectivity index is 1.23. The maximum Gasteiger partial charge on any atom is 0.470 e. The lowest BCUT2D eigenvalue weighted by molar-refractivity contribution is -0.197.